The third-order valence-electron chi connectivity index (χ3n) is 5.66. The number of rotatable bonds is 5. The summed E-state index contributed by atoms with van der Waals surface area (Å²) in [5, 5.41) is -1.20. The normalized spacial score (nSPS) is 21.0. The first-order valence-electron chi connectivity index (χ1n) is 9.28. The molecule has 3 rings (SSSR count). The lowest BCUT2D eigenvalue weighted by Crippen LogP contribution is -2.11. The molecular weight excluding hydrogens is 401 g/mol. The summed E-state index contributed by atoms with van der Waals surface area (Å²) >= 11 is 5.34. The maximum Gasteiger partial charge on any atom is 0.426 e. The zero-order chi connectivity index (χ0) is 21.4. The summed E-state index contributed by atoms with van der Waals surface area (Å²) in [5.74, 6) is -1.75. The fourth-order valence-electron chi connectivity index (χ4n) is 3.70. The minimum absolute atomic E-state index is 0.0708. The second-order valence-electron chi connectivity index (χ2n) is 7.90. The Labute approximate surface area is 173 Å². The van der Waals surface area contributed by atoms with E-state index in [1.165, 1.54) is 0 Å². The molecule has 2 atom stereocenters. The summed E-state index contributed by atoms with van der Waals surface area (Å²) in [6, 6.07) is 15.6. The van der Waals surface area contributed by atoms with Crippen LogP contribution in [0.25, 0.3) is 11.1 Å². The molecule has 2 nitrogen and oxygen atoms in total. The van der Waals surface area contributed by atoms with E-state index < -0.39 is 34.4 Å². The standard InChI is InChI=1S/C23H22ClF3O2/c1-14-16(10-7-11-17(14)15-8-5-4-6-9-15)13-29-21(28)20-18(22(20,2)3)12-19(24)23(25,26)27/h4-12,18,20H,13H2,1-3H3/t18-,20-/m0/s1. The highest BCUT2D eigenvalue weighted by Gasteiger charge is 2.62. The van der Waals surface area contributed by atoms with Gasteiger partial charge in [-0.25, -0.2) is 0 Å². The maximum atomic E-state index is 12.7. The molecule has 0 bridgehead atoms. The molecule has 0 heterocycles. The van der Waals surface area contributed by atoms with Gasteiger partial charge in [0, 0.05) is 0 Å². The Morgan fingerprint density at radius 2 is 1.79 bits per heavy atom. The molecule has 0 radical (unpaired) electrons. The summed E-state index contributed by atoms with van der Waals surface area (Å²) in [6.45, 7) is 5.51. The number of benzene rings is 2. The van der Waals surface area contributed by atoms with Gasteiger partial charge in [0.05, 0.1) is 5.92 Å². The van der Waals surface area contributed by atoms with Gasteiger partial charge in [0.2, 0.25) is 0 Å². The Morgan fingerprint density at radius 1 is 1.14 bits per heavy atom. The van der Waals surface area contributed by atoms with Crippen LogP contribution in [0.15, 0.2) is 59.6 Å². The molecule has 1 aliphatic rings. The highest BCUT2D eigenvalue weighted by molar-refractivity contribution is 6.30. The van der Waals surface area contributed by atoms with Crippen LogP contribution in [0.4, 0.5) is 13.2 Å². The number of hydrogen-bond acceptors (Lipinski definition) is 2. The van der Waals surface area contributed by atoms with Gasteiger partial charge in [-0.3, -0.25) is 4.79 Å². The molecule has 0 amide bonds. The van der Waals surface area contributed by atoms with Crippen molar-refractivity contribution in [3.63, 3.8) is 0 Å². The molecule has 0 aromatic heterocycles. The lowest BCUT2D eigenvalue weighted by molar-refractivity contribution is -0.147. The molecule has 1 fully saturated rings. The van der Waals surface area contributed by atoms with Crippen molar-refractivity contribution in [1.82, 2.24) is 0 Å². The van der Waals surface area contributed by atoms with E-state index in [0.717, 1.165) is 28.3 Å². The minimum Gasteiger partial charge on any atom is -0.461 e. The average molecular weight is 423 g/mol. The highest BCUT2D eigenvalue weighted by atomic mass is 35.5. The smallest absolute Gasteiger partial charge is 0.426 e. The van der Waals surface area contributed by atoms with Crippen LogP contribution in [0.5, 0.6) is 0 Å². The monoisotopic (exact) mass is 422 g/mol. The van der Waals surface area contributed by atoms with Crippen molar-refractivity contribution in [2.24, 2.45) is 17.3 Å². The number of hydrogen-bond donors (Lipinski definition) is 0. The van der Waals surface area contributed by atoms with Gasteiger partial charge in [-0.1, -0.05) is 80.1 Å². The van der Waals surface area contributed by atoms with Crippen molar-refractivity contribution in [3.05, 3.63) is 70.8 Å². The van der Waals surface area contributed by atoms with E-state index in [1.54, 1.807) is 13.8 Å². The van der Waals surface area contributed by atoms with Crippen LogP contribution in [0.3, 0.4) is 0 Å². The van der Waals surface area contributed by atoms with E-state index in [-0.39, 0.29) is 6.61 Å². The van der Waals surface area contributed by atoms with Gasteiger partial charge in [-0.2, -0.15) is 13.2 Å². The van der Waals surface area contributed by atoms with E-state index in [4.69, 9.17) is 16.3 Å². The van der Waals surface area contributed by atoms with Crippen LogP contribution < -0.4 is 0 Å². The van der Waals surface area contributed by atoms with Gasteiger partial charge in [0.15, 0.2) is 0 Å². The van der Waals surface area contributed by atoms with E-state index in [1.807, 2.05) is 55.5 Å². The van der Waals surface area contributed by atoms with Crippen molar-refractivity contribution in [1.29, 1.82) is 0 Å². The summed E-state index contributed by atoms with van der Waals surface area (Å²) in [5.41, 5.74) is 3.34. The van der Waals surface area contributed by atoms with Crippen molar-refractivity contribution in [2.45, 2.75) is 33.6 Å². The van der Waals surface area contributed by atoms with Gasteiger partial charge < -0.3 is 4.74 Å². The fourth-order valence-corrected chi connectivity index (χ4v) is 3.84. The van der Waals surface area contributed by atoms with E-state index >= 15 is 0 Å². The van der Waals surface area contributed by atoms with E-state index in [9.17, 15) is 18.0 Å². The zero-order valence-electron chi connectivity index (χ0n) is 16.4. The van der Waals surface area contributed by atoms with Crippen molar-refractivity contribution >= 4 is 17.6 Å². The molecule has 1 saturated carbocycles. The number of esters is 1. The molecule has 0 aliphatic heterocycles. The number of ether oxygens (including phenoxy) is 1. The molecule has 6 heteroatoms. The molecule has 0 spiro atoms. The van der Waals surface area contributed by atoms with Crippen molar-refractivity contribution in [2.75, 3.05) is 0 Å². The van der Waals surface area contributed by atoms with Crippen LogP contribution >= 0.6 is 11.6 Å². The maximum absolute atomic E-state index is 12.7. The molecule has 0 N–H and O–H groups in total. The Balaban J connectivity index is 1.70. The second-order valence-corrected chi connectivity index (χ2v) is 8.31. The Morgan fingerprint density at radius 3 is 2.41 bits per heavy atom. The van der Waals surface area contributed by atoms with E-state index in [0.29, 0.717) is 0 Å². The van der Waals surface area contributed by atoms with Crippen molar-refractivity contribution in [3.8, 4) is 11.1 Å². The quantitative estimate of drug-likeness (QED) is 0.503. The number of alkyl halides is 3. The molecule has 154 valence electrons. The average Bonchev–Trinajstić information content (AvgIpc) is 3.20. The Bertz CT molecular complexity index is 933. The number of carbonyl (C=O) groups is 1. The largest absolute Gasteiger partial charge is 0.461 e. The topological polar surface area (TPSA) is 26.3 Å². The Hall–Kier alpha value is -2.27. The number of halogens is 4. The fraction of sp³-hybridized carbons (Fsp3) is 0.348. The summed E-state index contributed by atoms with van der Waals surface area (Å²) in [6.07, 6.45) is -3.68. The van der Waals surface area contributed by atoms with Gasteiger partial charge in [-0.15, -0.1) is 0 Å². The van der Waals surface area contributed by atoms with Gasteiger partial charge in [-0.05, 0) is 40.5 Å². The van der Waals surface area contributed by atoms with Crippen LogP contribution in [0.2, 0.25) is 0 Å². The highest BCUT2D eigenvalue weighted by Crippen LogP contribution is 2.60. The number of allylic oxidation sites excluding steroid dienone is 2. The molecule has 0 unspecified atom stereocenters. The third-order valence-corrected chi connectivity index (χ3v) is 6.00. The van der Waals surface area contributed by atoms with Gasteiger partial charge >= 0.3 is 12.1 Å². The molecule has 2 aromatic rings. The van der Waals surface area contributed by atoms with Crippen LogP contribution in [-0.4, -0.2) is 12.1 Å². The van der Waals surface area contributed by atoms with Gasteiger partial charge in [0.1, 0.15) is 11.6 Å². The molecular formula is C23H22ClF3O2. The summed E-state index contributed by atoms with van der Waals surface area (Å²) in [7, 11) is 0. The minimum atomic E-state index is -4.61. The summed E-state index contributed by atoms with van der Waals surface area (Å²) < 4.78 is 43.5. The van der Waals surface area contributed by atoms with E-state index in [2.05, 4.69) is 0 Å². The molecule has 0 saturated heterocycles. The van der Waals surface area contributed by atoms with Crippen LogP contribution in [0, 0.1) is 24.2 Å². The van der Waals surface area contributed by atoms with Crippen molar-refractivity contribution < 1.29 is 22.7 Å². The second kappa shape index (κ2) is 7.86. The first kappa shape index (κ1) is 21.4. The lowest BCUT2D eigenvalue weighted by Gasteiger charge is -2.12. The molecule has 29 heavy (non-hydrogen) atoms. The Kier molecular flexibility index (Phi) is 5.81. The van der Waals surface area contributed by atoms with Gasteiger partial charge in [0.25, 0.3) is 0 Å². The predicted octanol–water partition coefficient (Wildman–Crippen LogP) is 6.66. The molecule has 2 aromatic carbocycles. The number of carbonyl (C=O) groups excluding carboxylic acids is 1. The predicted molar refractivity (Wildman–Crippen MR) is 107 cm³/mol. The zero-order valence-corrected chi connectivity index (χ0v) is 17.1. The van der Waals surface area contributed by atoms with Crippen LogP contribution in [-0.2, 0) is 16.1 Å². The lowest BCUT2D eigenvalue weighted by atomic mass is 9.97. The SMILES string of the molecule is Cc1c(COC(=O)[C@@H]2[C@H](C=C(Cl)C(F)(F)F)C2(C)C)cccc1-c1ccccc1. The first-order valence-corrected chi connectivity index (χ1v) is 9.66. The summed E-state index contributed by atoms with van der Waals surface area (Å²) in [4.78, 5) is 12.5. The molecule has 1 aliphatic carbocycles. The third kappa shape index (κ3) is 4.50. The van der Waals surface area contributed by atoms with Crippen LogP contribution in [0.1, 0.15) is 25.0 Å². The first-order chi connectivity index (χ1) is 13.5.